The summed E-state index contributed by atoms with van der Waals surface area (Å²) in [6.07, 6.45) is 1.71. The molecule has 0 aliphatic carbocycles. The summed E-state index contributed by atoms with van der Waals surface area (Å²) >= 11 is 0. The molecule has 0 aromatic heterocycles. The molecule has 0 radical (unpaired) electrons. The number of likely N-dealkylation sites (N-methyl/N-ethyl adjacent to an activating group) is 1. The molecule has 0 spiro atoms. The zero-order valence-corrected chi connectivity index (χ0v) is 16.2. The SMILES string of the molecule is CCNC(=O)CN=C(NCC)NC(C)CCS(C)(=O)=O.I. The number of guanidine groups is 1. The highest BCUT2D eigenvalue weighted by Gasteiger charge is 2.09. The molecule has 0 saturated heterocycles. The van der Waals surface area contributed by atoms with Crippen LogP contribution >= 0.6 is 24.0 Å². The van der Waals surface area contributed by atoms with E-state index in [4.69, 9.17) is 0 Å². The average molecular weight is 434 g/mol. The van der Waals surface area contributed by atoms with Crippen molar-refractivity contribution in [1.82, 2.24) is 16.0 Å². The first kappa shape index (κ1) is 22.7. The second-order valence-electron chi connectivity index (χ2n) is 4.61. The summed E-state index contributed by atoms with van der Waals surface area (Å²) in [7, 11) is -2.96. The number of nitrogens with zero attached hydrogens (tertiary/aromatic N) is 1. The van der Waals surface area contributed by atoms with Gasteiger partial charge in [0, 0.05) is 25.4 Å². The third kappa shape index (κ3) is 14.1. The van der Waals surface area contributed by atoms with Crippen molar-refractivity contribution in [3.05, 3.63) is 0 Å². The summed E-state index contributed by atoms with van der Waals surface area (Å²) in [6.45, 7) is 6.93. The van der Waals surface area contributed by atoms with Gasteiger partial charge >= 0.3 is 0 Å². The van der Waals surface area contributed by atoms with Crippen LogP contribution in [0.2, 0.25) is 0 Å². The van der Waals surface area contributed by atoms with Crippen LogP contribution < -0.4 is 16.0 Å². The van der Waals surface area contributed by atoms with Crippen LogP contribution in [0.25, 0.3) is 0 Å². The van der Waals surface area contributed by atoms with E-state index >= 15 is 0 Å². The van der Waals surface area contributed by atoms with Crippen LogP contribution in [0.1, 0.15) is 27.2 Å². The fraction of sp³-hybridized carbons (Fsp3) is 0.833. The van der Waals surface area contributed by atoms with E-state index in [0.29, 0.717) is 25.5 Å². The molecule has 0 fully saturated rings. The molecule has 0 bridgehead atoms. The Labute approximate surface area is 144 Å². The number of nitrogens with one attached hydrogen (secondary N) is 3. The van der Waals surface area contributed by atoms with Crippen molar-refractivity contribution in [2.24, 2.45) is 4.99 Å². The maximum Gasteiger partial charge on any atom is 0.241 e. The first-order valence-corrected chi connectivity index (χ1v) is 8.83. The Balaban J connectivity index is 0. The maximum atomic E-state index is 11.3. The Hall–Kier alpha value is -0.580. The summed E-state index contributed by atoms with van der Waals surface area (Å²) in [5, 5.41) is 8.76. The fourth-order valence-electron chi connectivity index (χ4n) is 1.42. The standard InChI is InChI=1S/C12H26N4O3S.HI/c1-5-13-11(17)9-15-12(14-6-2)16-10(3)7-8-20(4,18)19;/h10H,5-9H2,1-4H3,(H,13,17)(H2,14,15,16);1H. The molecule has 7 nitrogen and oxygen atoms in total. The molecule has 9 heteroatoms. The van der Waals surface area contributed by atoms with Gasteiger partial charge < -0.3 is 16.0 Å². The molecule has 126 valence electrons. The number of rotatable bonds is 8. The van der Waals surface area contributed by atoms with Gasteiger partial charge in [-0.3, -0.25) is 4.79 Å². The van der Waals surface area contributed by atoms with Gasteiger partial charge in [-0.2, -0.15) is 0 Å². The van der Waals surface area contributed by atoms with E-state index in [0.717, 1.165) is 0 Å². The molecule has 0 aromatic carbocycles. The number of carbonyl (C=O) groups is 1. The van der Waals surface area contributed by atoms with Crippen molar-refractivity contribution in [2.45, 2.75) is 33.2 Å². The maximum absolute atomic E-state index is 11.3. The second kappa shape index (κ2) is 12.0. The van der Waals surface area contributed by atoms with Gasteiger partial charge in [-0.15, -0.1) is 24.0 Å². The third-order valence-corrected chi connectivity index (χ3v) is 3.38. The fourth-order valence-corrected chi connectivity index (χ4v) is 2.20. The van der Waals surface area contributed by atoms with Gasteiger partial charge in [-0.1, -0.05) is 0 Å². The lowest BCUT2D eigenvalue weighted by molar-refractivity contribution is -0.119. The van der Waals surface area contributed by atoms with E-state index in [-0.39, 0.29) is 48.2 Å². The highest BCUT2D eigenvalue weighted by Crippen LogP contribution is 1.95. The number of halogens is 1. The molecule has 0 aliphatic heterocycles. The Kier molecular flexibility index (Phi) is 13.0. The highest BCUT2D eigenvalue weighted by molar-refractivity contribution is 14.0. The number of amides is 1. The molecule has 3 N–H and O–H groups in total. The molecular formula is C12H27IN4O3S. The quantitative estimate of drug-likeness (QED) is 0.286. The van der Waals surface area contributed by atoms with Crippen molar-refractivity contribution in [2.75, 3.05) is 31.6 Å². The Morgan fingerprint density at radius 3 is 2.24 bits per heavy atom. The lowest BCUT2D eigenvalue weighted by Gasteiger charge is -2.17. The van der Waals surface area contributed by atoms with Crippen LogP contribution in [0.4, 0.5) is 0 Å². The monoisotopic (exact) mass is 434 g/mol. The van der Waals surface area contributed by atoms with Crippen molar-refractivity contribution >= 4 is 45.7 Å². The average Bonchev–Trinajstić information content (AvgIpc) is 2.33. The van der Waals surface area contributed by atoms with E-state index in [1.807, 2.05) is 20.8 Å². The van der Waals surface area contributed by atoms with Gasteiger partial charge in [-0.05, 0) is 27.2 Å². The van der Waals surface area contributed by atoms with Crippen LogP contribution in [0, 0.1) is 0 Å². The summed E-state index contributed by atoms with van der Waals surface area (Å²) in [6, 6.07) is -0.0447. The first-order valence-electron chi connectivity index (χ1n) is 6.77. The molecule has 1 atom stereocenters. The van der Waals surface area contributed by atoms with Crippen molar-refractivity contribution in [3.63, 3.8) is 0 Å². The predicted octanol–water partition coefficient (Wildman–Crippen LogP) is 0.119. The molecule has 1 amide bonds. The number of carbonyl (C=O) groups excluding carboxylic acids is 1. The number of hydrogen-bond acceptors (Lipinski definition) is 4. The summed E-state index contributed by atoms with van der Waals surface area (Å²) in [5.41, 5.74) is 0. The summed E-state index contributed by atoms with van der Waals surface area (Å²) in [5.74, 6) is 0.491. The van der Waals surface area contributed by atoms with Crippen LogP contribution in [0.3, 0.4) is 0 Å². The second-order valence-corrected chi connectivity index (χ2v) is 6.87. The smallest absolute Gasteiger partial charge is 0.241 e. The van der Waals surface area contributed by atoms with Crippen LogP contribution in [0.5, 0.6) is 0 Å². The molecule has 0 aromatic rings. The zero-order valence-electron chi connectivity index (χ0n) is 13.1. The molecule has 0 saturated carbocycles. The molecule has 1 unspecified atom stereocenters. The van der Waals surface area contributed by atoms with Gasteiger partial charge in [0.2, 0.25) is 5.91 Å². The van der Waals surface area contributed by atoms with Crippen LogP contribution in [-0.2, 0) is 14.6 Å². The first-order chi connectivity index (χ1) is 9.28. The highest BCUT2D eigenvalue weighted by atomic mass is 127. The number of hydrogen-bond donors (Lipinski definition) is 3. The molecule has 21 heavy (non-hydrogen) atoms. The van der Waals surface area contributed by atoms with Gasteiger partial charge in [0.05, 0.1) is 5.75 Å². The van der Waals surface area contributed by atoms with E-state index < -0.39 is 9.84 Å². The third-order valence-electron chi connectivity index (χ3n) is 2.40. The summed E-state index contributed by atoms with van der Waals surface area (Å²) < 4.78 is 22.2. The molecule has 0 aliphatic rings. The number of aliphatic imine (C=N–C) groups is 1. The minimum atomic E-state index is -2.96. The minimum absolute atomic E-state index is 0. The Morgan fingerprint density at radius 1 is 1.19 bits per heavy atom. The Bertz CT molecular complexity index is 426. The van der Waals surface area contributed by atoms with Crippen molar-refractivity contribution in [3.8, 4) is 0 Å². The minimum Gasteiger partial charge on any atom is -0.357 e. The normalized spacial score (nSPS) is 13.0. The van der Waals surface area contributed by atoms with Crippen molar-refractivity contribution in [1.29, 1.82) is 0 Å². The van der Waals surface area contributed by atoms with Gasteiger partial charge in [0.25, 0.3) is 0 Å². The molecule has 0 rings (SSSR count). The van der Waals surface area contributed by atoms with E-state index in [1.165, 1.54) is 6.26 Å². The number of sulfone groups is 1. The zero-order chi connectivity index (χ0) is 15.6. The summed E-state index contributed by atoms with van der Waals surface area (Å²) in [4.78, 5) is 15.5. The lowest BCUT2D eigenvalue weighted by atomic mass is 10.3. The molecule has 0 heterocycles. The van der Waals surface area contributed by atoms with Crippen LogP contribution in [-0.4, -0.2) is 58.0 Å². The Morgan fingerprint density at radius 2 is 1.76 bits per heavy atom. The van der Waals surface area contributed by atoms with Gasteiger partial charge in [-0.25, -0.2) is 13.4 Å². The lowest BCUT2D eigenvalue weighted by Crippen LogP contribution is -2.43. The largest absolute Gasteiger partial charge is 0.357 e. The van der Waals surface area contributed by atoms with E-state index in [1.54, 1.807) is 0 Å². The molecular weight excluding hydrogens is 407 g/mol. The van der Waals surface area contributed by atoms with Gasteiger partial charge in [0.15, 0.2) is 5.96 Å². The predicted molar refractivity (Wildman–Crippen MR) is 97.0 cm³/mol. The van der Waals surface area contributed by atoms with E-state index in [2.05, 4.69) is 20.9 Å². The van der Waals surface area contributed by atoms with Crippen molar-refractivity contribution < 1.29 is 13.2 Å². The van der Waals surface area contributed by atoms with Gasteiger partial charge in [0.1, 0.15) is 16.4 Å². The van der Waals surface area contributed by atoms with E-state index in [9.17, 15) is 13.2 Å². The topological polar surface area (TPSA) is 99.7 Å². The van der Waals surface area contributed by atoms with Crippen LogP contribution in [0.15, 0.2) is 4.99 Å².